The van der Waals surface area contributed by atoms with E-state index in [2.05, 4.69) is 0 Å². The fourth-order valence-electron chi connectivity index (χ4n) is 3.42. The van der Waals surface area contributed by atoms with Crippen LogP contribution in [-0.4, -0.2) is 27.1 Å². The number of carbonyl (C=O) groups is 1. The molecule has 0 saturated carbocycles. The number of furan rings is 1. The molecule has 146 valence electrons. The molecular formula is C24H20O5. The Morgan fingerprint density at radius 3 is 2.00 bits per heavy atom. The summed E-state index contributed by atoms with van der Waals surface area (Å²) in [7, 11) is 4.57. The molecule has 1 heterocycles. The van der Waals surface area contributed by atoms with Crippen LogP contribution < -0.4 is 14.2 Å². The van der Waals surface area contributed by atoms with Crippen molar-refractivity contribution < 1.29 is 23.4 Å². The molecule has 0 aliphatic heterocycles. The van der Waals surface area contributed by atoms with Crippen molar-refractivity contribution in [3.05, 3.63) is 77.9 Å². The number of hydrogen-bond donors (Lipinski definition) is 0. The van der Waals surface area contributed by atoms with E-state index >= 15 is 0 Å². The molecule has 3 aromatic carbocycles. The summed E-state index contributed by atoms with van der Waals surface area (Å²) >= 11 is 0. The van der Waals surface area contributed by atoms with Crippen LogP contribution in [0.25, 0.3) is 22.3 Å². The van der Waals surface area contributed by atoms with Crippen LogP contribution in [0.2, 0.25) is 0 Å². The molecule has 0 radical (unpaired) electrons. The predicted molar refractivity (Wildman–Crippen MR) is 111 cm³/mol. The van der Waals surface area contributed by atoms with Crippen LogP contribution in [-0.2, 0) is 0 Å². The second-order valence-electron chi connectivity index (χ2n) is 6.40. The van der Waals surface area contributed by atoms with Gasteiger partial charge >= 0.3 is 0 Å². The topological polar surface area (TPSA) is 57.9 Å². The smallest absolute Gasteiger partial charge is 0.205 e. The van der Waals surface area contributed by atoms with E-state index in [-0.39, 0.29) is 5.78 Å². The van der Waals surface area contributed by atoms with Crippen LogP contribution in [0.15, 0.2) is 71.1 Å². The molecule has 4 rings (SSSR count). The van der Waals surface area contributed by atoms with Gasteiger partial charge in [0.1, 0.15) is 34.2 Å². The highest BCUT2D eigenvalue weighted by Gasteiger charge is 2.28. The number of ether oxygens (including phenoxy) is 3. The lowest BCUT2D eigenvalue weighted by Gasteiger charge is -2.14. The lowest BCUT2D eigenvalue weighted by molar-refractivity contribution is 0.103. The molecule has 0 bridgehead atoms. The molecule has 5 heteroatoms. The van der Waals surface area contributed by atoms with Crippen molar-refractivity contribution in [2.24, 2.45) is 0 Å². The summed E-state index contributed by atoms with van der Waals surface area (Å²) in [6, 6.07) is 20.4. The molecule has 0 fully saturated rings. The first-order valence-corrected chi connectivity index (χ1v) is 9.09. The first-order chi connectivity index (χ1) is 14.2. The molecule has 1 aromatic heterocycles. The van der Waals surface area contributed by atoms with Gasteiger partial charge in [-0.2, -0.15) is 0 Å². The van der Waals surface area contributed by atoms with E-state index in [1.165, 1.54) is 14.2 Å². The number of ketones is 1. The van der Waals surface area contributed by atoms with Crippen LogP contribution in [0.3, 0.4) is 0 Å². The number of methoxy groups -OCH3 is 3. The summed E-state index contributed by atoms with van der Waals surface area (Å²) in [4.78, 5) is 13.8. The zero-order valence-corrected chi connectivity index (χ0v) is 16.4. The maximum Gasteiger partial charge on any atom is 0.205 e. The van der Waals surface area contributed by atoms with E-state index in [4.69, 9.17) is 18.6 Å². The van der Waals surface area contributed by atoms with Gasteiger partial charge in [-0.15, -0.1) is 0 Å². The molecule has 0 N–H and O–H groups in total. The van der Waals surface area contributed by atoms with Crippen molar-refractivity contribution in [3.63, 3.8) is 0 Å². The van der Waals surface area contributed by atoms with Crippen LogP contribution in [0, 0.1) is 0 Å². The van der Waals surface area contributed by atoms with E-state index in [9.17, 15) is 4.79 Å². The number of rotatable bonds is 6. The van der Waals surface area contributed by atoms with Crippen LogP contribution in [0.5, 0.6) is 17.2 Å². The third-order valence-electron chi connectivity index (χ3n) is 4.80. The van der Waals surface area contributed by atoms with E-state index in [0.717, 1.165) is 10.9 Å². The monoisotopic (exact) mass is 388 g/mol. The normalized spacial score (nSPS) is 10.7. The van der Waals surface area contributed by atoms with Crippen molar-refractivity contribution in [2.45, 2.75) is 0 Å². The minimum absolute atomic E-state index is 0.245. The van der Waals surface area contributed by atoms with Gasteiger partial charge in [-0.1, -0.05) is 48.5 Å². The van der Waals surface area contributed by atoms with Gasteiger partial charge in [0.05, 0.1) is 26.9 Å². The SMILES string of the molecule is COc1cc(OC)c(C(=O)c2c(-c3ccccc3)oc3ccccc23)c(OC)c1. The van der Waals surface area contributed by atoms with Gasteiger partial charge in [0.25, 0.3) is 0 Å². The van der Waals surface area contributed by atoms with Crippen molar-refractivity contribution in [1.29, 1.82) is 0 Å². The molecule has 4 aromatic rings. The number of para-hydroxylation sites is 1. The summed E-state index contributed by atoms with van der Waals surface area (Å²) in [5.41, 5.74) is 2.24. The minimum atomic E-state index is -0.245. The van der Waals surface area contributed by atoms with Crippen LogP contribution in [0.1, 0.15) is 15.9 Å². The van der Waals surface area contributed by atoms with Crippen molar-refractivity contribution in [2.75, 3.05) is 21.3 Å². The van der Waals surface area contributed by atoms with Gasteiger partial charge in [0, 0.05) is 23.1 Å². The fraction of sp³-hybridized carbons (Fsp3) is 0.125. The Morgan fingerprint density at radius 1 is 0.759 bits per heavy atom. The third kappa shape index (κ3) is 3.21. The van der Waals surface area contributed by atoms with E-state index < -0.39 is 0 Å². The number of benzene rings is 3. The minimum Gasteiger partial charge on any atom is -0.496 e. The Morgan fingerprint density at radius 2 is 1.38 bits per heavy atom. The number of fused-ring (bicyclic) bond motifs is 1. The average molecular weight is 388 g/mol. The van der Waals surface area contributed by atoms with Gasteiger partial charge in [-0.25, -0.2) is 0 Å². The van der Waals surface area contributed by atoms with Crippen molar-refractivity contribution in [1.82, 2.24) is 0 Å². The van der Waals surface area contributed by atoms with E-state index in [1.54, 1.807) is 19.2 Å². The zero-order valence-electron chi connectivity index (χ0n) is 16.4. The molecule has 0 aliphatic rings. The predicted octanol–water partition coefficient (Wildman–Crippen LogP) is 5.36. The molecule has 0 aliphatic carbocycles. The highest BCUT2D eigenvalue weighted by Crippen LogP contribution is 2.40. The fourth-order valence-corrected chi connectivity index (χ4v) is 3.42. The summed E-state index contributed by atoms with van der Waals surface area (Å²) in [5, 5.41) is 0.733. The molecule has 0 saturated heterocycles. The molecule has 0 spiro atoms. The van der Waals surface area contributed by atoms with Crippen molar-refractivity contribution in [3.8, 4) is 28.6 Å². The average Bonchev–Trinajstić information content (AvgIpc) is 3.17. The Hall–Kier alpha value is -3.73. The second kappa shape index (κ2) is 7.72. The maximum atomic E-state index is 13.8. The van der Waals surface area contributed by atoms with E-state index in [0.29, 0.717) is 39.7 Å². The second-order valence-corrected chi connectivity index (χ2v) is 6.40. The Labute approximate surface area is 168 Å². The zero-order chi connectivity index (χ0) is 20.4. The molecule has 0 amide bonds. The highest BCUT2D eigenvalue weighted by molar-refractivity contribution is 6.21. The molecule has 0 unspecified atom stereocenters. The first-order valence-electron chi connectivity index (χ1n) is 9.09. The standard InChI is InChI=1S/C24H20O5/c1-26-16-13-19(27-2)22(20(14-16)28-3)23(25)21-17-11-7-8-12-18(17)29-24(21)15-9-5-4-6-10-15/h4-14H,1-3H3. The molecule has 0 atom stereocenters. The number of carbonyl (C=O) groups excluding carboxylic acids is 1. The van der Waals surface area contributed by atoms with Crippen molar-refractivity contribution >= 4 is 16.8 Å². The van der Waals surface area contributed by atoms with Gasteiger partial charge in [-0.3, -0.25) is 4.79 Å². The lowest BCUT2D eigenvalue weighted by atomic mass is 9.96. The Balaban J connectivity index is 2.00. The van der Waals surface area contributed by atoms with Gasteiger partial charge in [0.15, 0.2) is 0 Å². The number of hydrogen-bond acceptors (Lipinski definition) is 5. The highest BCUT2D eigenvalue weighted by atomic mass is 16.5. The summed E-state index contributed by atoms with van der Waals surface area (Å²) in [6.45, 7) is 0. The van der Waals surface area contributed by atoms with Gasteiger partial charge in [-0.05, 0) is 6.07 Å². The Kier molecular flexibility index (Phi) is 4.96. The molecule has 5 nitrogen and oxygen atoms in total. The largest absolute Gasteiger partial charge is 0.496 e. The summed E-state index contributed by atoms with van der Waals surface area (Å²) < 4.78 is 22.4. The van der Waals surface area contributed by atoms with Gasteiger partial charge < -0.3 is 18.6 Å². The maximum absolute atomic E-state index is 13.8. The molecule has 29 heavy (non-hydrogen) atoms. The Bertz CT molecular complexity index is 1150. The van der Waals surface area contributed by atoms with Gasteiger partial charge in [0.2, 0.25) is 5.78 Å². The quantitative estimate of drug-likeness (QED) is 0.416. The van der Waals surface area contributed by atoms with Crippen LogP contribution in [0.4, 0.5) is 0 Å². The van der Waals surface area contributed by atoms with Crippen LogP contribution >= 0.6 is 0 Å². The lowest BCUT2D eigenvalue weighted by Crippen LogP contribution is -2.08. The summed E-state index contributed by atoms with van der Waals surface area (Å²) in [5.74, 6) is 1.54. The molecular weight excluding hydrogens is 368 g/mol. The third-order valence-corrected chi connectivity index (χ3v) is 4.80. The summed E-state index contributed by atoms with van der Waals surface area (Å²) in [6.07, 6.45) is 0. The first kappa shape index (κ1) is 18.6. The van der Waals surface area contributed by atoms with E-state index in [1.807, 2.05) is 54.6 Å².